The van der Waals surface area contributed by atoms with E-state index >= 15 is 0 Å². The Morgan fingerprint density at radius 1 is 1.70 bits per heavy atom. The molecule has 1 fully saturated rings. The Labute approximate surface area is 66.0 Å². The molecule has 10 heavy (non-hydrogen) atoms. The number of carbonyl (C=O) groups is 1. The van der Waals surface area contributed by atoms with E-state index in [-0.39, 0.29) is 18.4 Å². The SMILES string of the molecule is CC(N)C1(C(=O)O)CC1.Cl. The van der Waals surface area contributed by atoms with Gasteiger partial charge >= 0.3 is 5.97 Å². The number of nitrogens with two attached hydrogens (primary N) is 1. The third-order valence-corrected chi connectivity index (χ3v) is 2.09. The smallest absolute Gasteiger partial charge is 0.311 e. The average molecular weight is 166 g/mol. The van der Waals surface area contributed by atoms with Crippen LogP contribution in [-0.2, 0) is 4.79 Å². The molecule has 60 valence electrons. The minimum absolute atomic E-state index is 0. The molecule has 1 aliphatic rings. The molecule has 3 N–H and O–H groups in total. The lowest BCUT2D eigenvalue weighted by molar-refractivity contribution is -0.143. The zero-order valence-corrected chi connectivity index (χ0v) is 6.65. The maximum Gasteiger partial charge on any atom is 0.311 e. The van der Waals surface area contributed by atoms with Gasteiger partial charge in [0.15, 0.2) is 0 Å². The van der Waals surface area contributed by atoms with E-state index in [1.165, 1.54) is 0 Å². The maximum atomic E-state index is 10.4. The molecule has 1 aliphatic carbocycles. The van der Waals surface area contributed by atoms with E-state index in [2.05, 4.69) is 0 Å². The molecular formula is C6H12ClNO2. The van der Waals surface area contributed by atoms with Gasteiger partial charge in [-0.15, -0.1) is 12.4 Å². The summed E-state index contributed by atoms with van der Waals surface area (Å²) in [6, 6.07) is -0.199. The lowest BCUT2D eigenvalue weighted by Crippen LogP contribution is -2.34. The fourth-order valence-electron chi connectivity index (χ4n) is 0.999. The van der Waals surface area contributed by atoms with Crippen molar-refractivity contribution in [3.05, 3.63) is 0 Å². The van der Waals surface area contributed by atoms with Gasteiger partial charge in [0.25, 0.3) is 0 Å². The van der Waals surface area contributed by atoms with Gasteiger partial charge in [-0.3, -0.25) is 4.79 Å². The molecular weight excluding hydrogens is 154 g/mol. The average Bonchev–Trinajstić information content (AvgIpc) is 2.40. The lowest BCUT2D eigenvalue weighted by atomic mass is 10.00. The molecule has 1 saturated carbocycles. The van der Waals surface area contributed by atoms with Crippen LogP contribution in [0, 0.1) is 5.41 Å². The second-order valence-corrected chi connectivity index (χ2v) is 2.75. The van der Waals surface area contributed by atoms with E-state index in [1.54, 1.807) is 6.92 Å². The third-order valence-electron chi connectivity index (χ3n) is 2.09. The summed E-state index contributed by atoms with van der Waals surface area (Å²) in [5, 5.41) is 8.59. The van der Waals surface area contributed by atoms with Crippen molar-refractivity contribution in [3.63, 3.8) is 0 Å². The Kier molecular flexibility index (Phi) is 2.68. The molecule has 0 saturated heterocycles. The Balaban J connectivity index is 0.000000810. The Bertz CT molecular complexity index is 143. The number of carboxylic acid groups (broad SMARTS) is 1. The monoisotopic (exact) mass is 165 g/mol. The minimum Gasteiger partial charge on any atom is -0.481 e. The summed E-state index contributed by atoms with van der Waals surface area (Å²) < 4.78 is 0. The van der Waals surface area contributed by atoms with Gasteiger partial charge in [-0.25, -0.2) is 0 Å². The predicted octanol–water partition coefficient (Wildman–Crippen LogP) is 0.620. The van der Waals surface area contributed by atoms with Crippen molar-refractivity contribution in [3.8, 4) is 0 Å². The molecule has 0 aliphatic heterocycles. The number of carboxylic acids is 1. The van der Waals surface area contributed by atoms with Crippen LogP contribution < -0.4 is 5.73 Å². The van der Waals surface area contributed by atoms with E-state index < -0.39 is 11.4 Å². The van der Waals surface area contributed by atoms with Gasteiger partial charge in [0.2, 0.25) is 0 Å². The molecule has 0 aromatic carbocycles. The number of aliphatic carboxylic acids is 1. The fraction of sp³-hybridized carbons (Fsp3) is 0.833. The van der Waals surface area contributed by atoms with Gasteiger partial charge in [0.05, 0.1) is 5.41 Å². The first-order valence-electron chi connectivity index (χ1n) is 3.08. The van der Waals surface area contributed by atoms with Crippen LogP contribution in [0.1, 0.15) is 19.8 Å². The van der Waals surface area contributed by atoms with Crippen molar-refractivity contribution in [1.82, 2.24) is 0 Å². The van der Waals surface area contributed by atoms with E-state index in [0.29, 0.717) is 0 Å². The highest BCUT2D eigenvalue weighted by molar-refractivity contribution is 5.85. The summed E-state index contributed by atoms with van der Waals surface area (Å²) in [4.78, 5) is 10.4. The summed E-state index contributed by atoms with van der Waals surface area (Å²) in [5.41, 5.74) is 4.90. The maximum absolute atomic E-state index is 10.4. The topological polar surface area (TPSA) is 63.3 Å². The van der Waals surface area contributed by atoms with Gasteiger partial charge in [0, 0.05) is 6.04 Å². The summed E-state index contributed by atoms with van der Waals surface area (Å²) in [7, 11) is 0. The predicted molar refractivity (Wildman–Crippen MR) is 40.2 cm³/mol. The molecule has 0 heterocycles. The van der Waals surface area contributed by atoms with E-state index in [0.717, 1.165) is 12.8 Å². The van der Waals surface area contributed by atoms with Gasteiger partial charge in [-0.1, -0.05) is 0 Å². The van der Waals surface area contributed by atoms with E-state index in [1.807, 2.05) is 0 Å². The summed E-state index contributed by atoms with van der Waals surface area (Å²) >= 11 is 0. The van der Waals surface area contributed by atoms with Crippen LogP contribution >= 0.6 is 12.4 Å². The van der Waals surface area contributed by atoms with Crippen LogP contribution in [0.25, 0.3) is 0 Å². The zero-order chi connectivity index (χ0) is 7.07. The van der Waals surface area contributed by atoms with E-state index in [4.69, 9.17) is 10.8 Å². The van der Waals surface area contributed by atoms with Crippen molar-refractivity contribution >= 4 is 18.4 Å². The normalized spacial score (nSPS) is 22.6. The van der Waals surface area contributed by atoms with Crippen LogP contribution in [0.5, 0.6) is 0 Å². The lowest BCUT2D eigenvalue weighted by Gasteiger charge is -2.12. The molecule has 3 nitrogen and oxygen atoms in total. The second kappa shape index (κ2) is 2.76. The van der Waals surface area contributed by atoms with Crippen molar-refractivity contribution in [2.45, 2.75) is 25.8 Å². The number of hydrogen-bond donors (Lipinski definition) is 2. The van der Waals surface area contributed by atoms with Crippen LogP contribution in [0.2, 0.25) is 0 Å². The highest BCUT2D eigenvalue weighted by Crippen LogP contribution is 2.47. The quantitative estimate of drug-likeness (QED) is 0.631. The first-order chi connectivity index (χ1) is 4.09. The highest BCUT2D eigenvalue weighted by atomic mass is 35.5. The summed E-state index contributed by atoms with van der Waals surface area (Å²) in [6.45, 7) is 1.75. The van der Waals surface area contributed by atoms with Crippen molar-refractivity contribution in [2.75, 3.05) is 0 Å². The van der Waals surface area contributed by atoms with Crippen LogP contribution in [-0.4, -0.2) is 17.1 Å². The van der Waals surface area contributed by atoms with Gasteiger partial charge in [-0.2, -0.15) is 0 Å². The zero-order valence-electron chi connectivity index (χ0n) is 5.83. The summed E-state index contributed by atoms with van der Waals surface area (Å²) in [6.07, 6.45) is 1.50. The third kappa shape index (κ3) is 1.25. The number of hydrogen-bond acceptors (Lipinski definition) is 2. The molecule has 0 radical (unpaired) electrons. The fourth-order valence-corrected chi connectivity index (χ4v) is 0.999. The van der Waals surface area contributed by atoms with Crippen LogP contribution in [0.3, 0.4) is 0 Å². The van der Waals surface area contributed by atoms with Gasteiger partial charge in [0.1, 0.15) is 0 Å². The molecule has 1 unspecified atom stereocenters. The first-order valence-corrected chi connectivity index (χ1v) is 3.08. The Hall–Kier alpha value is -0.280. The molecule has 0 bridgehead atoms. The van der Waals surface area contributed by atoms with Crippen molar-refractivity contribution < 1.29 is 9.90 Å². The first kappa shape index (κ1) is 9.72. The number of rotatable bonds is 2. The molecule has 0 spiro atoms. The second-order valence-electron chi connectivity index (χ2n) is 2.75. The molecule has 1 rings (SSSR count). The molecule has 4 heteroatoms. The Morgan fingerprint density at radius 2 is 2.10 bits per heavy atom. The molecule has 0 aromatic rings. The van der Waals surface area contributed by atoms with Crippen molar-refractivity contribution in [1.29, 1.82) is 0 Å². The van der Waals surface area contributed by atoms with Crippen molar-refractivity contribution in [2.24, 2.45) is 11.1 Å². The summed E-state index contributed by atoms with van der Waals surface area (Å²) in [5.74, 6) is -0.738. The molecule has 0 aromatic heterocycles. The van der Waals surface area contributed by atoms with Crippen LogP contribution in [0.15, 0.2) is 0 Å². The molecule has 0 amide bonds. The Morgan fingerprint density at radius 3 is 2.10 bits per heavy atom. The van der Waals surface area contributed by atoms with Gasteiger partial charge in [-0.05, 0) is 19.8 Å². The number of halogens is 1. The molecule has 1 atom stereocenters. The van der Waals surface area contributed by atoms with Crippen LogP contribution in [0.4, 0.5) is 0 Å². The minimum atomic E-state index is -0.738. The highest BCUT2D eigenvalue weighted by Gasteiger charge is 2.53. The van der Waals surface area contributed by atoms with Gasteiger partial charge < -0.3 is 10.8 Å². The standard InChI is InChI=1S/C6H11NO2.ClH/c1-4(7)6(2-3-6)5(8)9;/h4H,2-3,7H2,1H3,(H,8,9);1H. The largest absolute Gasteiger partial charge is 0.481 e. The van der Waals surface area contributed by atoms with E-state index in [9.17, 15) is 4.79 Å².